The van der Waals surface area contributed by atoms with E-state index < -0.39 is 11.9 Å². The van der Waals surface area contributed by atoms with E-state index in [9.17, 15) is 24.9 Å². The predicted octanol–water partition coefficient (Wildman–Crippen LogP) is 3.99. The first-order chi connectivity index (χ1) is 18.5. The van der Waals surface area contributed by atoms with Gasteiger partial charge in [-0.25, -0.2) is 19.6 Å². The van der Waals surface area contributed by atoms with Crippen molar-refractivity contribution < 1.29 is 30.0 Å². The number of carboxylic acid groups (broad SMARTS) is 2. The zero-order chi connectivity index (χ0) is 28.3. The van der Waals surface area contributed by atoms with E-state index in [-0.39, 0.29) is 45.6 Å². The van der Waals surface area contributed by atoms with Crippen molar-refractivity contribution in [1.82, 2.24) is 9.97 Å². The lowest BCUT2D eigenvalue weighted by molar-refractivity contribution is 0.0682. The SMILES string of the molecule is CN(Nc1ccc(-c2ccc(N=Nc3ccc(O)c(C(=O)O)c3)c(N)n2)nc1N)c1ccc(O)c(C(=O)O)c1. The summed E-state index contributed by atoms with van der Waals surface area (Å²) in [6.07, 6.45) is 0. The van der Waals surface area contributed by atoms with Gasteiger partial charge in [-0.2, -0.15) is 5.11 Å². The molecule has 4 rings (SSSR count). The molecular formula is C25H22N8O6. The number of azo groups is 1. The van der Waals surface area contributed by atoms with Crippen LogP contribution in [0.2, 0.25) is 0 Å². The third-order valence-electron chi connectivity index (χ3n) is 5.46. The number of aromatic carboxylic acids is 2. The predicted molar refractivity (Wildman–Crippen MR) is 143 cm³/mol. The molecule has 0 atom stereocenters. The smallest absolute Gasteiger partial charge is 0.339 e. The quantitative estimate of drug-likeness (QED) is 0.126. The summed E-state index contributed by atoms with van der Waals surface area (Å²) < 4.78 is 0. The van der Waals surface area contributed by atoms with Crippen LogP contribution in [-0.2, 0) is 0 Å². The number of rotatable bonds is 8. The van der Waals surface area contributed by atoms with Crippen LogP contribution >= 0.6 is 0 Å². The topological polar surface area (TPSA) is 233 Å². The Hall–Kier alpha value is -5.92. The molecule has 0 aliphatic rings. The highest BCUT2D eigenvalue weighted by Gasteiger charge is 2.14. The van der Waals surface area contributed by atoms with E-state index >= 15 is 0 Å². The molecule has 39 heavy (non-hydrogen) atoms. The van der Waals surface area contributed by atoms with E-state index in [1.165, 1.54) is 41.4 Å². The van der Waals surface area contributed by atoms with Gasteiger partial charge in [-0.15, -0.1) is 5.11 Å². The first-order valence-electron chi connectivity index (χ1n) is 11.1. The van der Waals surface area contributed by atoms with Crippen molar-refractivity contribution in [3.63, 3.8) is 0 Å². The summed E-state index contributed by atoms with van der Waals surface area (Å²) >= 11 is 0. The molecule has 14 nitrogen and oxygen atoms in total. The van der Waals surface area contributed by atoms with E-state index in [1.807, 2.05) is 0 Å². The number of hydrazine groups is 1. The Morgan fingerprint density at radius 3 is 2.00 bits per heavy atom. The van der Waals surface area contributed by atoms with Crippen LogP contribution < -0.4 is 21.9 Å². The number of anilines is 4. The Morgan fingerprint density at radius 1 is 0.795 bits per heavy atom. The van der Waals surface area contributed by atoms with Gasteiger partial charge in [0.25, 0.3) is 0 Å². The highest BCUT2D eigenvalue weighted by Crippen LogP contribution is 2.30. The number of hydrogen-bond donors (Lipinski definition) is 7. The Morgan fingerprint density at radius 2 is 1.38 bits per heavy atom. The van der Waals surface area contributed by atoms with E-state index in [2.05, 4.69) is 25.6 Å². The average Bonchev–Trinajstić information content (AvgIpc) is 2.89. The molecule has 0 saturated carbocycles. The minimum atomic E-state index is -1.30. The molecule has 14 heteroatoms. The lowest BCUT2D eigenvalue weighted by atomic mass is 10.2. The number of nitrogen functional groups attached to an aromatic ring is 2. The molecule has 0 saturated heterocycles. The zero-order valence-corrected chi connectivity index (χ0v) is 20.3. The van der Waals surface area contributed by atoms with Gasteiger partial charge in [-0.1, -0.05) is 0 Å². The molecule has 9 N–H and O–H groups in total. The molecule has 4 aromatic rings. The van der Waals surface area contributed by atoms with Gasteiger partial charge in [-0.3, -0.25) is 10.4 Å². The van der Waals surface area contributed by atoms with Crippen molar-refractivity contribution in [1.29, 1.82) is 0 Å². The second-order valence-corrected chi connectivity index (χ2v) is 8.11. The second kappa shape index (κ2) is 10.6. The van der Waals surface area contributed by atoms with Crippen LogP contribution in [0, 0.1) is 0 Å². The molecule has 2 aromatic carbocycles. The van der Waals surface area contributed by atoms with Gasteiger partial charge in [0, 0.05) is 7.05 Å². The summed E-state index contributed by atoms with van der Waals surface area (Å²) in [5, 5.41) is 47.1. The number of nitrogens with two attached hydrogens (primary N) is 2. The van der Waals surface area contributed by atoms with Crippen molar-refractivity contribution in [2.45, 2.75) is 0 Å². The first-order valence-corrected chi connectivity index (χ1v) is 11.1. The number of phenols is 2. The van der Waals surface area contributed by atoms with Crippen molar-refractivity contribution in [2.75, 3.05) is 28.9 Å². The molecule has 0 aliphatic carbocycles. The Kier molecular flexibility index (Phi) is 7.10. The number of carbonyl (C=O) groups is 2. The number of aromatic hydroxyl groups is 2. The van der Waals surface area contributed by atoms with Crippen LogP contribution in [0.3, 0.4) is 0 Å². The van der Waals surface area contributed by atoms with Crippen molar-refractivity contribution >= 4 is 46.3 Å². The lowest BCUT2D eigenvalue weighted by Gasteiger charge is -2.23. The number of nitrogens with one attached hydrogen (secondary N) is 1. The molecular weight excluding hydrogens is 508 g/mol. The molecule has 0 radical (unpaired) electrons. The maximum absolute atomic E-state index is 11.3. The van der Waals surface area contributed by atoms with Gasteiger partial charge in [0.05, 0.1) is 28.5 Å². The normalized spacial score (nSPS) is 10.9. The maximum Gasteiger partial charge on any atom is 0.339 e. The summed E-state index contributed by atoms with van der Waals surface area (Å²) in [5.74, 6) is -3.14. The van der Waals surface area contributed by atoms with Crippen LogP contribution in [0.4, 0.5) is 34.4 Å². The average molecular weight is 531 g/mol. The minimum absolute atomic E-state index is 0.0392. The summed E-state index contributed by atoms with van der Waals surface area (Å²) in [6, 6.07) is 14.4. The number of pyridine rings is 2. The third kappa shape index (κ3) is 5.75. The Labute approximate surface area is 220 Å². The van der Waals surface area contributed by atoms with Crippen molar-refractivity contribution in [3.05, 3.63) is 71.8 Å². The van der Waals surface area contributed by atoms with Crippen molar-refractivity contribution in [3.8, 4) is 22.9 Å². The van der Waals surface area contributed by atoms with E-state index in [4.69, 9.17) is 16.6 Å². The number of hydrogen-bond acceptors (Lipinski definition) is 12. The highest BCUT2D eigenvalue weighted by atomic mass is 16.4. The fourth-order valence-electron chi connectivity index (χ4n) is 3.43. The standard InChI is InChI=1S/C25H22N8O6/c1-33(13-3-9-21(35)15(11-13)25(38)39)32-19-7-5-17(29-23(19)27)16-4-6-18(22(26)28-16)31-30-12-2-8-20(34)14(10-12)24(36)37/h2-11,32,34-35H,1H3,(H2,26,28)(H2,27,29)(H,36,37)(H,38,39). The van der Waals surface area contributed by atoms with E-state index in [0.717, 1.165) is 0 Å². The number of nitrogens with zero attached hydrogens (tertiary/aromatic N) is 5. The molecule has 0 aliphatic heterocycles. The summed E-state index contributed by atoms with van der Waals surface area (Å²) in [4.78, 5) is 31.1. The molecule has 2 heterocycles. The first kappa shape index (κ1) is 26.2. The van der Waals surface area contributed by atoms with Crippen molar-refractivity contribution in [2.24, 2.45) is 10.2 Å². The number of benzene rings is 2. The van der Waals surface area contributed by atoms with Gasteiger partial charge in [0.15, 0.2) is 5.82 Å². The van der Waals surface area contributed by atoms with Crippen LogP contribution in [-0.4, -0.2) is 49.4 Å². The van der Waals surface area contributed by atoms with Crippen LogP contribution in [0.1, 0.15) is 20.7 Å². The monoisotopic (exact) mass is 530 g/mol. The van der Waals surface area contributed by atoms with E-state index in [0.29, 0.717) is 22.8 Å². The molecule has 0 spiro atoms. The fourth-order valence-corrected chi connectivity index (χ4v) is 3.43. The Bertz CT molecular complexity index is 1620. The molecule has 198 valence electrons. The van der Waals surface area contributed by atoms with Gasteiger partial charge >= 0.3 is 11.9 Å². The van der Waals surface area contributed by atoms with E-state index in [1.54, 1.807) is 31.3 Å². The zero-order valence-electron chi connectivity index (χ0n) is 20.3. The molecule has 0 bridgehead atoms. The minimum Gasteiger partial charge on any atom is -0.507 e. The van der Waals surface area contributed by atoms with Gasteiger partial charge in [0.2, 0.25) is 0 Å². The second-order valence-electron chi connectivity index (χ2n) is 8.11. The van der Waals surface area contributed by atoms with Gasteiger partial charge < -0.3 is 31.9 Å². The largest absolute Gasteiger partial charge is 0.507 e. The van der Waals surface area contributed by atoms with Gasteiger partial charge in [0.1, 0.15) is 34.1 Å². The lowest BCUT2D eigenvalue weighted by Crippen LogP contribution is -2.25. The molecule has 0 unspecified atom stereocenters. The van der Waals surface area contributed by atoms with Crippen LogP contribution in [0.25, 0.3) is 11.4 Å². The van der Waals surface area contributed by atoms with Crippen LogP contribution in [0.15, 0.2) is 70.9 Å². The number of carboxylic acids is 2. The fraction of sp³-hybridized carbons (Fsp3) is 0.0400. The maximum atomic E-state index is 11.3. The summed E-state index contributed by atoms with van der Waals surface area (Å²) in [5.41, 5.74) is 16.7. The molecule has 2 aromatic heterocycles. The van der Waals surface area contributed by atoms with Crippen LogP contribution in [0.5, 0.6) is 11.5 Å². The molecule has 0 fully saturated rings. The molecule has 0 amide bonds. The number of aromatic nitrogens is 2. The van der Waals surface area contributed by atoms with Gasteiger partial charge in [-0.05, 0) is 60.7 Å². The summed E-state index contributed by atoms with van der Waals surface area (Å²) in [7, 11) is 1.64. The third-order valence-corrected chi connectivity index (χ3v) is 5.46. The summed E-state index contributed by atoms with van der Waals surface area (Å²) in [6.45, 7) is 0. The highest BCUT2D eigenvalue weighted by molar-refractivity contribution is 5.92. The Balaban J connectivity index is 1.51.